The van der Waals surface area contributed by atoms with E-state index in [9.17, 15) is 0 Å². The molecule has 6 heteroatoms. The molecule has 0 N–H and O–H groups in total. The SMILES string of the molecule is CC(COc1ccc(Oc2ccc([S+]3c4ccccc4Sc4ccccc43)cc2)cc1)Oc1ccccn1. The summed E-state index contributed by atoms with van der Waals surface area (Å²) in [5.74, 6) is 2.92. The minimum absolute atomic E-state index is 0.123. The predicted octanol–water partition coefficient (Wildman–Crippen LogP) is 8.28. The van der Waals surface area contributed by atoms with E-state index < -0.39 is 0 Å². The highest BCUT2D eigenvalue weighted by Gasteiger charge is 2.37. The van der Waals surface area contributed by atoms with E-state index >= 15 is 0 Å². The summed E-state index contributed by atoms with van der Waals surface area (Å²) < 4.78 is 17.8. The number of benzene rings is 4. The van der Waals surface area contributed by atoms with Gasteiger partial charge in [0.2, 0.25) is 5.88 Å². The van der Waals surface area contributed by atoms with Gasteiger partial charge in [-0.1, -0.05) is 42.1 Å². The highest BCUT2D eigenvalue weighted by Crippen LogP contribution is 2.48. The lowest BCUT2D eigenvalue weighted by molar-refractivity contribution is 0.138. The van der Waals surface area contributed by atoms with Gasteiger partial charge in [-0.05, 0) is 85.8 Å². The molecule has 1 unspecified atom stereocenters. The van der Waals surface area contributed by atoms with Gasteiger partial charge in [0, 0.05) is 12.3 Å². The van der Waals surface area contributed by atoms with Crippen LogP contribution in [0.3, 0.4) is 0 Å². The maximum Gasteiger partial charge on any atom is 0.213 e. The lowest BCUT2D eigenvalue weighted by Crippen LogP contribution is -2.21. The molecule has 0 fully saturated rings. The first-order valence-electron chi connectivity index (χ1n) is 12.4. The van der Waals surface area contributed by atoms with Gasteiger partial charge in [-0.3, -0.25) is 0 Å². The number of rotatable bonds is 8. The zero-order valence-corrected chi connectivity index (χ0v) is 22.5. The Hall–Kier alpha value is -3.87. The van der Waals surface area contributed by atoms with Crippen molar-refractivity contribution in [1.82, 2.24) is 4.98 Å². The van der Waals surface area contributed by atoms with Crippen LogP contribution >= 0.6 is 11.8 Å². The van der Waals surface area contributed by atoms with E-state index in [0.717, 1.165) is 17.2 Å². The Labute approximate surface area is 230 Å². The van der Waals surface area contributed by atoms with Crippen LogP contribution in [0.15, 0.2) is 146 Å². The molecular formula is C32H26NO3S2+. The molecule has 1 aromatic heterocycles. The highest BCUT2D eigenvalue weighted by atomic mass is 32.2. The van der Waals surface area contributed by atoms with Crippen molar-refractivity contribution >= 4 is 22.7 Å². The zero-order chi connectivity index (χ0) is 25.7. The second-order valence-corrected chi connectivity index (χ2v) is 11.8. The van der Waals surface area contributed by atoms with Crippen LogP contribution in [-0.4, -0.2) is 17.7 Å². The third-order valence-electron chi connectivity index (χ3n) is 5.92. The van der Waals surface area contributed by atoms with Gasteiger partial charge in [0.25, 0.3) is 0 Å². The Bertz CT molecular complexity index is 1460. The molecule has 0 saturated heterocycles. The van der Waals surface area contributed by atoms with Crippen molar-refractivity contribution in [2.75, 3.05) is 6.61 Å². The lowest BCUT2D eigenvalue weighted by Gasteiger charge is -2.18. The van der Waals surface area contributed by atoms with Crippen LogP contribution in [0, 0.1) is 0 Å². The fourth-order valence-electron chi connectivity index (χ4n) is 4.15. The summed E-state index contributed by atoms with van der Waals surface area (Å²) in [5, 5.41) is 0. The van der Waals surface area contributed by atoms with E-state index in [1.165, 1.54) is 24.5 Å². The van der Waals surface area contributed by atoms with Crippen LogP contribution in [-0.2, 0) is 10.9 Å². The molecule has 0 amide bonds. The standard InChI is InChI=1S/C32H26NO3S2/c1-23(35-32-12-6-7-21-33-32)22-34-24-13-15-25(16-14-24)36-26-17-19-27(20-18-26)38-30-10-4-2-8-28(30)37-29-9-3-5-11-31(29)38/h2-21,23H,22H2,1H3/q+1. The van der Waals surface area contributed by atoms with E-state index in [0.29, 0.717) is 12.5 Å². The molecule has 0 spiro atoms. The first-order valence-corrected chi connectivity index (χ1v) is 14.5. The number of hydrogen-bond donors (Lipinski definition) is 0. The predicted molar refractivity (Wildman–Crippen MR) is 152 cm³/mol. The quantitative estimate of drug-likeness (QED) is 0.183. The van der Waals surface area contributed by atoms with Crippen LogP contribution in [0.1, 0.15) is 6.92 Å². The molecule has 0 saturated carbocycles. The second kappa shape index (κ2) is 11.3. The second-order valence-electron chi connectivity index (χ2n) is 8.75. The van der Waals surface area contributed by atoms with Gasteiger partial charge < -0.3 is 14.2 Å². The maximum atomic E-state index is 6.13. The summed E-state index contributed by atoms with van der Waals surface area (Å²) in [6.07, 6.45) is 1.59. The Balaban J connectivity index is 1.11. The summed E-state index contributed by atoms with van der Waals surface area (Å²) in [5.41, 5.74) is 0. The molecule has 4 aromatic carbocycles. The minimum Gasteiger partial charge on any atom is -0.490 e. The van der Waals surface area contributed by atoms with Crippen molar-refractivity contribution in [2.45, 2.75) is 37.5 Å². The molecule has 5 aromatic rings. The van der Waals surface area contributed by atoms with Crippen molar-refractivity contribution in [1.29, 1.82) is 0 Å². The lowest BCUT2D eigenvalue weighted by atomic mass is 10.3. The Morgan fingerprint density at radius 1 is 0.684 bits per heavy atom. The van der Waals surface area contributed by atoms with Crippen molar-refractivity contribution in [3.8, 4) is 23.1 Å². The molecule has 1 atom stereocenters. The Kier molecular flexibility index (Phi) is 7.25. The fourth-order valence-corrected chi connectivity index (χ4v) is 7.89. The number of aromatic nitrogens is 1. The van der Waals surface area contributed by atoms with Crippen molar-refractivity contribution < 1.29 is 14.2 Å². The zero-order valence-electron chi connectivity index (χ0n) is 20.8. The van der Waals surface area contributed by atoms with E-state index in [2.05, 4.69) is 77.8 Å². The van der Waals surface area contributed by atoms with Gasteiger partial charge in [0.05, 0.1) is 9.79 Å². The largest absolute Gasteiger partial charge is 0.490 e. The van der Waals surface area contributed by atoms with E-state index in [1.807, 2.05) is 61.2 Å². The molecule has 188 valence electrons. The van der Waals surface area contributed by atoms with Crippen LogP contribution in [0.4, 0.5) is 0 Å². The van der Waals surface area contributed by atoms with Crippen LogP contribution in [0.2, 0.25) is 0 Å². The van der Waals surface area contributed by atoms with Crippen molar-refractivity contribution in [2.24, 2.45) is 0 Å². The van der Waals surface area contributed by atoms with Crippen LogP contribution < -0.4 is 14.2 Å². The first-order chi connectivity index (χ1) is 18.7. The van der Waals surface area contributed by atoms with Crippen LogP contribution in [0.5, 0.6) is 23.1 Å². The molecule has 6 rings (SSSR count). The Morgan fingerprint density at radius 3 is 1.89 bits per heavy atom. The van der Waals surface area contributed by atoms with Crippen LogP contribution in [0.25, 0.3) is 0 Å². The van der Waals surface area contributed by atoms with Crippen molar-refractivity contribution in [3.05, 3.63) is 121 Å². The molecule has 0 radical (unpaired) electrons. The van der Waals surface area contributed by atoms with Gasteiger partial charge in [0.1, 0.15) is 40.9 Å². The molecule has 1 aliphatic rings. The average molecular weight is 537 g/mol. The molecule has 4 nitrogen and oxygen atoms in total. The number of fused-ring (bicyclic) bond motifs is 2. The summed E-state index contributed by atoms with van der Waals surface area (Å²) in [6.45, 7) is 2.38. The van der Waals surface area contributed by atoms with Gasteiger partial charge in [0.15, 0.2) is 14.7 Å². The summed E-state index contributed by atoms with van der Waals surface area (Å²) in [6, 6.07) is 39.1. The molecular weight excluding hydrogens is 510 g/mol. The molecule has 2 heterocycles. The number of pyridine rings is 1. The normalized spacial score (nSPS) is 13.2. The van der Waals surface area contributed by atoms with Gasteiger partial charge in [-0.25, -0.2) is 4.98 Å². The first kappa shape index (κ1) is 24.5. The van der Waals surface area contributed by atoms with E-state index in [4.69, 9.17) is 14.2 Å². The van der Waals surface area contributed by atoms with Gasteiger partial charge >= 0.3 is 0 Å². The third kappa shape index (κ3) is 5.52. The third-order valence-corrected chi connectivity index (χ3v) is 9.67. The molecule has 38 heavy (non-hydrogen) atoms. The topological polar surface area (TPSA) is 40.6 Å². The number of hydrogen-bond acceptors (Lipinski definition) is 5. The molecule has 0 aliphatic carbocycles. The maximum absolute atomic E-state index is 6.13. The monoisotopic (exact) mass is 536 g/mol. The fraction of sp³-hybridized carbons (Fsp3) is 0.0938. The summed E-state index contributed by atoms with van der Waals surface area (Å²) in [7, 11) is -0.142. The van der Waals surface area contributed by atoms with Gasteiger partial charge in [-0.2, -0.15) is 0 Å². The van der Waals surface area contributed by atoms with Gasteiger partial charge in [-0.15, -0.1) is 0 Å². The highest BCUT2D eigenvalue weighted by molar-refractivity contribution is 8.04. The number of nitrogens with zero attached hydrogens (tertiary/aromatic N) is 1. The smallest absolute Gasteiger partial charge is 0.213 e. The minimum atomic E-state index is -0.142. The average Bonchev–Trinajstić information content (AvgIpc) is 2.96. The van der Waals surface area contributed by atoms with E-state index in [-0.39, 0.29) is 17.0 Å². The molecule has 0 bridgehead atoms. The van der Waals surface area contributed by atoms with Crippen molar-refractivity contribution in [3.63, 3.8) is 0 Å². The number of ether oxygens (including phenoxy) is 3. The summed E-state index contributed by atoms with van der Waals surface area (Å²) in [4.78, 5) is 10.9. The molecule has 1 aliphatic heterocycles. The van der Waals surface area contributed by atoms with E-state index in [1.54, 1.807) is 6.20 Å². The summed E-state index contributed by atoms with van der Waals surface area (Å²) >= 11 is 1.85. The Morgan fingerprint density at radius 2 is 1.26 bits per heavy atom.